The molecule has 0 aliphatic carbocycles. The fourth-order valence-corrected chi connectivity index (χ4v) is 1.59. The van der Waals surface area contributed by atoms with Crippen molar-refractivity contribution in [1.82, 2.24) is 0 Å². The summed E-state index contributed by atoms with van der Waals surface area (Å²) in [6.45, 7) is 5.16. The predicted octanol–water partition coefficient (Wildman–Crippen LogP) is 1.11. The number of hydrogen-bond acceptors (Lipinski definition) is 3. The van der Waals surface area contributed by atoms with Crippen LogP contribution in [0.2, 0.25) is 0 Å². The molecule has 3 nitrogen and oxygen atoms in total. The van der Waals surface area contributed by atoms with Crippen LogP contribution >= 0.6 is 0 Å². The first-order chi connectivity index (χ1) is 5.99. The first-order valence-corrected chi connectivity index (χ1v) is 4.88. The molecular formula is C10H19NO2. The molecule has 1 aliphatic heterocycles. The summed E-state index contributed by atoms with van der Waals surface area (Å²) < 4.78 is 5.26. The summed E-state index contributed by atoms with van der Waals surface area (Å²) in [5.74, 6) is 0.351. The van der Waals surface area contributed by atoms with Gasteiger partial charge in [0.25, 0.3) is 0 Å². The van der Waals surface area contributed by atoms with Gasteiger partial charge in [-0.1, -0.05) is 0 Å². The molecule has 0 spiro atoms. The number of ketones is 1. The predicted molar refractivity (Wildman–Crippen MR) is 51.4 cm³/mol. The highest BCUT2D eigenvalue weighted by Gasteiger charge is 2.25. The molecule has 0 saturated carbocycles. The number of nitrogens with two attached hydrogens (primary N) is 1. The van der Waals surface area contributed by atoms with Crippen LogP contribution in [0.3, 0.4) is 0 Å². The monoisotopic (exact) mass is 185 g/mol. The molecular weight excluding hydrogens is 166 g/mol. The lowest BCUT2D eigenvalue weighted by atomic mass is 9.89. The fraction of sp³-hybridized carbons (Fsp3) is 0.900. The zero-order chi connectivity index (χ0) is 9.90. The lowest BCUT2D eigenvalue weighted by molar-refractivity contribution is -0.127. The zero-order valence-corrected chi connectivity index (χ0v) is 8.51. The summed E-state index contributed by atoms with van der Waals surface area (Å²) in [5.41, 5.74) is 5.40. The normalized spacial score (nSPS) is 24.4. The molecule has 3 heteroatoms. The van der Waals surface area contributed by atoms with Gasteiger partial charge >= 0.3 is 0 Å². The smallest absolute Gasteiger partial charge is 0.140 e. The van der Waals surface area contributed by atoms with E-state index in [0.29, 0.717) is 13.0 Å². The van der Waals surface area contributed by atoms with E-state index in [9.17, 15) is 4.79 Å². The van der Waals surface area contributed by atoms with Gasteiger partial charge in [-0.25, -0.2) is 0 Å². The Morgan fingerprint density at radius 2 is 2.31 bits per heavy atom. The lowest BCUT2D eigenvalue weighted by Crippen LogP contribution is -2.38. The summed E-state index contributed by atoms with van der Waals surface area (Å²) in [6.07, 6.45) is 2.43. The third-order valence-electron chi connectivity index (χ3n) is 2.25. The average Bonchev–Trinajstić information content (AvgIpc) is 2.03. The Bertz CT molecular complexity index is 178. The van der Waals surface area contributed by atoms with E-state index in [1.165, 1.54) is 0 Å². The molecule has 0 bridgehead atoms. The van der Waals surface area contributed by atoms with Crippen molar-refractivity contribution in [3.05, 3.63) is 0 Å². The van der Waals surface area contributed by atoms with Crippen LogP contribution < -0.4 is 5.73 Å². The highest BCUT2D eigenvalue weighted by Crippen LogP contribution is 2.18. The van der Waals surface area contributed by atoms with Gasteiger partial charge in [-0.2, -0.15) is 0 Å². The molecule has 0 aromatic carbocycles. The van der Waals surface area contributed by atoms with Gasteiger partial charge in [-0.3, -0.25) is 4.79 Å². The van der Waals surface area contributed by atoms with Crippen molar-refractivity contribution in [3.63, 3.8) is 0 Å². The second-order valence-electron chi connectivity index (χ2n) is 4.55. The number of ether oxygens (including phenoxy) is 1. The Kier molecular flexibility index (Phi) is 3.45. The molecule has 1 aliphatic rings. The van der Waals surface area contributed by atoms with E-state index in [1.54, 1.807) is 0 Å². The Morgan fingerprint density at radius 1 is 1.62 bits per heavy atom. The molecule has 0 radical (unpaired) electrons. The average molecular weight is 185 g/mol. The van der Waals surface area contributed by atoms with Crippen molar-refractivity contribution < 1.29 is 9.53 Å². The second kappa shape index (κ2) is 4.20. The molecule has 2 N–H and O–H groups in total. The Morgan fingerprint density at radius 3 is 2.77 bits per heavy atom. The van der Waals surface area contributed by atoms with E-state index in [0.717, 1.165) is 19.4 Å². The highest BCUT2D eigenvalue weighted by atomic mass is 16.5. The molecule has 1 heterocycles. The number of rotatable bonds is 3. The van der Waals surface area contributed by atoms with Gasteiger partial charge in [0.05, 0.1) is 6.61 Å². The minimum Gasteiger partial charge on any atom is -0.381 e. The number of Topliss-reactive ketones (excluding diaryl/α,β-unsaturated/α-hetero) is 1. The van der Waals surface area contributed by atoms with Crippen LogP contribution in [0, 0.1) is 5.92 Å². The maximum absolute atomic E-state index is 11.7. The number of hydrogen-bond donors (Lipinski definition) is 1. The molecule has 1 rings (SSSR count). The number of carbonyl (C=O) groups is 1. The Balaban J connectivity index is 2.38. The minimum atomic E-state index is -0.380. The Labute approximate surface area is 79.6 Å². The molecule has 1 saturated heterocycles. The van der Waals surface area contributed by atoms with Crippen LogP contribution in [0.4, 0.5) is 0 Å². The Hall–Kier alpha value is -0.410. The van der Waals surface area contributed by atoms with Gasteiger partial charge in [-0.05, 0) is 26.7 Å². The number of carbonyl (C=O) groups excluding carboxylic acids is 1. The van der Waals surface area contributed by atoms with E-state index >= 15 is 0 Å². The summed E-state index contributed by atoms with van der Waals surface area (Å²) >= 11 is 0. The lowest BCUT2D eigenvalue weighted by Gasteiger charge is -2.24. The molecule has 76 valence electrons. The van der Waals surface area contributed by atoms with Crippen LogP contribution in [0.25, 0.3) is 0 Å². The quantitative estimate of drug-likeness (QED) is 0.716. The van der Waals surface area contributed by atoms with Crippen LogP contribution in [0.15, 0.2) is 0 Å². The highest BCUT2D eigenvalue weighted by molar-refractivity contribution is 5.82. The molecule has 1 unspecified atom stereocenters. The van der Waals surface area contributed by atoms with Crippen molar-refractivity contribution in [2.75, 3.05) is 13.2 Å². The fourth-order valence-electron chi connectivity index (χ4n) is 1.59. The SMILES string of the molecule is CC(C)(N)CC(=O)C1CCCOC1. The van der Waals surface area contributed by atoms with E-state index < -0.39 is 0 Å². The molecule has 13 heavy (non-hydrogen) atoms. The second-order valence-corrected chi connectivity index (χ2v) is 4.55. The molecule has 0 aromatic heterocycles. The van der Waals surface area contributed by atoms with E-state index in [2.05, 4.69) is 0 Å². The summed E-state index contributed by atoms with van der Waals surface area (Å²) in [7, 11) is 0. The molecule has 0 aromatic rings. The van der Waals surface area contributed by atoms with Gasteiger partial charge in [0.1, 0.15) is 5.78 Å². The first-order valence-electron chi connectivity index (χ1n) is 4.88. The maximum Gasteiger partial charge on any atom is 0.140 e. The van der Waals surface area contributed by atoms with Crippen LogP contribution in [-0.4, -0.2) is 24.5 Å². The van der Waals surface area contributed by atoms with Gasteiger partial charge in [0, 0.05) is 24.5 Å². The summed E-state index contributed by atoms with van der Waals surface area (Å²) in [5, 5.41) is 0. The van der Waals surface area contributed by atoms with Crippen molar-refractivity contribution in [2.45, 2.75) is 38.6 Å². The largest absolute Gasteiger partial charge is 0.381 e. The topological polar surface area (TPSA) is 52.3 Å². The third kappa shape index (κ3) is 3.87. The third-order valence-corrected chi connectivity index (χ3v) is 2.25. The zero-order valence-electron chi connectivity index (χ0n) is 8.51. The van der Waals surface area contributed by atoms with Gasteiger partial charge in [-0.15, -0.1) is 0 Å². The molecule has 0 amide bonds. The van der Waals surface area contributed by atoms with Crippen LogP contribution in [0.5, 0.6) is 0 Å². The van der Waals surface area contributed by atoms with Crippen molar-refractivity contribution >= 4 is 5.78 Å². The van der Waals surface area contributed by atoms with Crippen LogP contribution in [-0.2, 0) is 9.53 Å². The minimum absolute atomic E-state index is 0.0941. The van der Waals surface area contributed by atoms with E-state index in [-0.39, 0.29) is 17.2 Å². The summed E-state index contributed by atoms with van der Waals surface area (Å²) in [4.78, 5) is 11.7. The van der Waals surface area contributed by atoms with Gasteiger partial charge < -0.3 is 10.5 Å². The first kappa shape index (κ1) is 10.7. The standard InChI is InChI=1S/C10H19NO2/c1-10(2,11)6-9(12)8-4-3-5-13-7-8/h8H,3-7,11H2,1-2H3. The molecule has 1 atom stereocenters. The van der Waals surface area contributed by atoms with Crippen molar-refractivity contribution in [1.29, 1.82) is 0 Å². The van der Waals surface area contributed by atoms with Crippen LogP contribution in [0.1, 0.15) is 33.1 Å². The summed E-state index contributed by atoms with van der Waals surface area (Å²) in [6, 6.07) is 0. The van der Waals surface area contributed by atoms with Crippen molar-refractivity contribution in [3.8, 4) is 0 Å². The molecule has 1 fully saturated rings. The van der Waals surface area contributed by atoms with Gasteiger partial charge in [0.2, 0.25) is 0 Å². The van der Waals surface area contributed by atoms with E-state index in [1.807, 2.05) is 13.8 Å². The van der Waals surface area contributed by atoms with Crippen molar-refractivity contribution in [2.24, 2.45) is 11.7 Å². The maximum atomic E-state index is 11.7. The van der Waals surface area contributed by atoms with Gasteiger partial charge in [0.15, 0.2) is 0 Å². The van der Waals surface area contributed by atoms with E-state index in [4.69, 9.17) is 10.5 Å².